The molecule has 0 amide bonds. The Balaban J connectivity index is 1.97. The molecule has 9 heteroatoms. The number of hydrogen-bond donors (Lipinski definition) is 1. The van der Waals surface area contributed by atoms with Gasteiger partial charge in [-0.25, -0.2) is 0 Å². The van der Waals surface area contributed by atoms with E-state index in [0.29, 0.717) is 47.4 Å². The minimum Gasteiger partial charge on any atom is -0.493 e. The fourth-order valence-electron chi connectivity index (χ4n) is 4.42. The zero-order valence-electron chi connectivity index (χ0n) is 19.6. The van der Waals surface area contributed by atoms with Gasteiger partial charge in [0.15, 0.2) is 23.0 Å². The monoisotopic (exact) mass is 468 g/mol. The van der Waals surface area contributed by atoms with E-state index >= 15 is 0 Å². The van der Waals surface area contributed by atoms with Gasteiger partial charge in [0.05, 0.1) is 40.9 Å². The maximum atomic E-state index is 13.2. The summed E-state index contributed by atoms with van der Waals surface area (Å²) in [6, 6.07) is 7.51. The van der Waals surface area contributed by atoms with Crippen molar-refractivity contribution in [2.45, 2.75) is 5.92 Å². The first kappa shape index (κ1) is 23.4. The molecule has 180 valence electrons. The van der Waals surface area contributed by atoms with Gasteiger partial charge in [-0.05, 0) is 52.6 Å². The van der Waals surface area contributed by atoms with E-state index in [9.17, 15) is 4.79 Å². The summed E-state index contributed by atoms with van der Waals surface area (Å²) in [6.07, 6.45) is 3.61. The van der Waals surface area contributed by atoms with Gasteiger partial charge in [-0.1, -0.05) is 0 Å². The van der Waals surface area contributed by atoms with Crippen molar-refractivity contribution in [2.24, 2.45) is 16.6 Å². The van der Waals surface area contributed by atoms with Crippen LogP contribution in [0, 0.1) is 5.92 Å². The number of esters is 1. The normalized spacial score (nSPS) is 18.3. The third-order valence-corrected chi connectivity index (χ3v) is 5.93. The summed E-state index contributed by atoms with van der Waals surface area (Å²) < 4.78 is 33.1. The highest BCUT2D eigenvalue weighted by Crippen LogP contribution is 2.50. The summed E-state index contributed by atoms with van der Waals surface area (Å²) in [4.78, 5) is 17.6. The zero-order valence-corrected chi connectivity index (χ0v) is 19.6. The molecule has 0 fully saturated rings. The number of nitrogens with zero attached hydrogens (tertiary/aromatic N) is 1. The number of rotatable bonds is 8. The SMILES string of the molecule is COC(=O)[C@@H]1C(C=NCCN)=Cc2cc3c(cc2[C@H]1c1cc(OC)c(OC)c(OC)c1)OCO3. The molecular formula is C25H28N2O7. The summed E-state index contributed by atoms with van der Waals surface area (Å²) in [5, 5.41) is 0. The molecule has 2 aromatic rings. The van der Waals surface area contributed by atoms with Crippen LogP contribution in [-0.4, -0.2) is 60.5 Å². The molecule has 2 N–H and O–H groups in total. The summed E-state index contributed by atoms with van der Waals surface area (Å²) in [6.45, 7) is 0.981. The van der Waals surface area contributed by atoms with Crippen LogP contribution in [0.3, 0.4) is 0 Å². The molecule has 0 saturated heterocycles. The number of methoxy groups -OCH3 is 4. The van der Waals surface area contributed by atoms with Crippen LogP contribution in [0.15, 0.2) is 34.8 Å². The first-order valence-corrected chi connectivity index (χ1v) is 10.8. The molecule has 0 saturated carbocycles. The Morgan fingerprint density at radius 1 is 1.06 bits per heavy atom. The molecule has 1 heterocycles. The summed E-state index contributed by atoms with van der Waals surface area (Å²) >= 11 is 0. The minimum atomic E-state index is -0.679. The Labute approximate surface area is 198 Å². The Kier molecular flexibility index (Phi) is 6.93. The lowest BCUT2D eigenvalue weighted by molar-refractivity contribution is -0.144. The lowest BCUT2D eigenvalue weighted by Gasteiger charge is -2.32. The Hall–Kier alpha value is -3.72. The lowest BCUT2D eigenvalue weighted by atomic mass is 9.71. The fraction of sp³-hybridized carbons (Fsp3) is 0.360. The molecule has 0 radical (unpaired) electrons. The van der Waals surface area contributed by atoms with Crippen molar-refractivity contribution in [1.29, 1.82) is 0 Å². The van der Waals surface area contributed by atoms with Crippen LogP contribution in [-0.2, 0) is 9.53 Å². The van der Waals surface area contributed by atoms with E-state index < -0.39 is 17.8 Å². The van der Waals surface area contributed by atoms with Crippen molar-refractivity contribution in [3.05, 3.63) is 46.5 Å². The van der Waals surface area contributed by atoms with Crippen LogP contribution in [0.5, 0.6) is 28.7 Å². The van der Waals surface area contributed by atoms with Gasteiger partial charge >= 0.3 is 5.97 Å². The van der Waals surface area contributed by atoms with Gasteiger partial charge in [0, 0.05) is 18.7 Å². The number of ether oxygens (including phenoxy) is 6. The molecule has 0 unspecified atom stereocenters. The second-order valence-corrected chi connectivity index (χ2v) is 7.74. The van der Waals surface area contributed by atoms with Crippen molar-refractivity contribution >= 4 is 18.3 Å². The van der Waals surface area contributed by atoms with Crippen molar-refractivity contribution in [2.75, 3.05) is 48.3 Å². The smallest absolute Gasteiger partial charge is 0.314 e. The van der Waals surface area contributed by atoms with Crippen LogP contribution in [0.1, 0.15) is 22.6 Å². The quantitative estimate of drug-likeness (QED) is 0.465. The Bertz CT molecular complexity index is 1120. The van der Waals surface area contributed by atoms with Crippen LogP contribution in [0.4, 0.5) is 0 Å². The van der Waals surface area contributed by atoms with Crippen LogP contribution < -0.4 is 29.4 Å². The fourth-order valence-corrected chi connectivity index (χ4v) is 4.42. The average Bonchev–Trinajstić information content (AvgIpc) is 3.32. The van der Waals surface area contributed by atoms with Crippen molar-refractivity contribution in [3.8, 4) is 28.7 Å². The molecule has 34 heavy (non-hydrogen) atoms. The second kappa shape index (κ2) is 10.0. The molecule has 1 aliphatic heterocycles. The number of benzene rings is 2. The van der Waals surface area contributed by atoms with E-state index in [-0.39, 0.29) is 6.79 Å². The Morgan fingerprint density at radius 2 is 1.74 bits per heavy atom. The third-order valence-electron chi connectivity index (χ3n) is 5.93. The van der Waals surface area contributed by atoms with E-state index in [0.717, 1.165) is 16.7 Å². The van der Waals surface area contributed by atoms with Crippen molar-refractivity contribution < 1.29 is 33.2 Å². The third kappa shape index (κ3) is 4.14. The molecule has 9 nitrogen and oxygen atoms in total. The average molecular weight is 469 g/mol. The zero-order chi connectivity index (χ0) is 24.2. The topological polar surface area (TPSA) is 111 Å². The van der Waals surface area contributed by atoms with Gasteiger partial charge < -0.3 is 34.2 Å². The van der Waals surface area contributed by atoms with E-state index in [1.807, 2.05) is 30.3 Å². The molecule has 2 aromatic carbocycles. The number of carbonyl (C=O) groups is 1. The van der Waals surface area contributed by atoms with E-state index in [1.165, 1.54) is 7.11 Å². The van der Waals surface area contributed by atoms with E-state index in [2.05, 4.69) is 4.99 Å². The van der Waals surface area contributed by atoms with Crippen LogP contribution in [0.2, 0.25) is 0 Å². The summed E-state index contributed by atoms with van der Waals surface area (Å²) in [5.41, 5.74) is 8.86. The van der Waals surface area contributed by atoms with E-state index in [1.54, 1.807) is 27.5 Å². The molecule has 2 atom stereocenters. The number of aliphatic imine (C=N–C) groups is 1. The van der Waals surface area contributed by atoms with E-state index in [4.69, 9.17) is 34.2 Å². The number of nitrogens with two attached hydrogens (primary N) is 1. The summed E-state index contributed by atoms with van der Waals surface area (Å²) in [7, 11) is 6.02. The maximum absolute atomic E-state index is 13.2. The number of hydrogen-bond acceptors (Lipinski definition) is 9. The standard InChI is InChI=1S/C25H28N2O7/c1-29-20-9-15(10-21(30-2)24(20)31-3)22-17-11-19-18(33-13-34-19)8-14(17)7-16(12-27-6-5-26)23(22)25(28)32-4/h7-12,22-23H,5-6,13,26H2,1-4H3/t22-,23-/m1/s1. The minimum absolute atomic E-state index is 0.141. The Morgan fingerprint density at radius 3 is 2.32 bits per heavy atom. The van der Waals surface area contributed by atoms with Crippen LogP contribution >= 0.6 is 0 Å². The van der Waals surface area contributed by atoms with Crippen molar-refractivity contribution in [1.82, 2.24) is 0 Å². The lowest BCUT2D eigenvalue weighted by Crippen LogP contribution is -2.30. The predicted molar refractivity (Wildman–Crippen MR) is 126 cm³/mol. The largest absolute Gasteiger partial charge is 0.493 e. The molecular weight excluding hydrogens is 440 g/mol. The molecule has 4 rings (SSSR count). The molecule has 0 aromatic heterocycles. The maximum Gasteiger partial charge on any atom is 0.314 e. The molecule has 0 spiro atoms. The highest BCUT2D eigenvalue weighted by Gasteiger charge is 2.40. The summed E-state index contributed by atoms with van der Waals surface area (Å²) in [5.74, 6) is 1.17. The highest BCUT2D eigenvalue weighted by molar-refractivity contribution is 5.97. The molecule has 0 bridgehead atoms. The number of fused-ring (bicyclic) bond motifs is 2. The second-order valence-electron chi connectivity index (χ2n) is 7.74. The van der Waals surface area contributed by atoms with Crippen molar-refractivity contribution in [3.63, 3.8) is 0 Å². The van der Waals surface area contributed by atoms with Crippen LogP contribution in [0.25, 0.3) is 6.08 Å². The van der Waals surface area contributed by atoms with Gasteiger partial charge in [0.1, 0.15) is 0 Å². The predicted octanol–water partition coefficient (Wildman–Crippen LogP) is 2.79. The first-order chi connectivity index (χ1) is 16.6. The van der Waals surface area contributed by atoms with Gasteiger partial charge in [0.2, 0.25) is 12.5 Å². The molecule has 1 aliphatic carbocycles. The van der Waals surface area contributed by atoms with Gasteiger partial charge in [0.25, 0.3) is 0 Å². The first-order valence-electron chi connectivity index (χ1n) is 10.8. The number of carbonyl (C=O) groups excluding carboxylic acids is 1. The van der Waals surface area contributed by atoms with Gasteiger partial charge in [-0.2, -0.15) is 0 Å². The van der Waals surface area contributed by atoms with Gasteiger partial charge in [-0.15, -0.1) is 0 Å². The van der Waals surface area contributed by atoms with Gasteiger partial charge in [-0.3, -0.25) is 9.79 Å². The molecule has 2 aliphatic rings. The highest BCUT2D eigenvalue weighted by atomic mass is 16.7.